The Bertz CT molecular complexity index is 542. The zero-order valence-corrected chi connectivity index (χ0v) is 12.9. The molecule has 0 spiro atoms. The molecule has 1 aliphatic heterocycles. The van der Waals surface area contributed by atoms with Crippen LogP contribution in [-0.2, 0) is 9.53 Å². The van der Waals surface area contributed by atoms with Gasteiger partial charge in [0.25, 0.3) is 0 Å². The number of aliphatic hydroxyl groups is 1. The highest BCUT2D eigenvalue weighted by molar-refractivity contribution is 5.72. The fraction of sp³-hybridized carbons (Fsp3) is 0.611. The normalized spacial score (nSPS) is 31.8. The molecule has 0 aromatic heterocycles. The van der Waals surface area contributed by atoms with Crippen molar-refractivity contribution >= 4 is 5.97 Å². The molecule has 1 aliphatic carbocycles. The molecule has 1 heterocycles. The van der Waals surface area contributed by atoms with E-state index in [1.54, 1.807) is 6.07 Å². The van der Waals surface area contributed by atoms with E-state index in [0.717, 1.165) is 24.8 Å². The first kappa shape index (κ1) is 15.3. The zero-order valence-electron chi connectivity index (χ0n) is 12.9. The predicted molar refractivity (Wildman–Crippen MR) is 82.5 cm³/mol. The maximum Gasteiger partial charge on any atom is 0.306 e. The van der Waals surface area contributed by atoms with Crippen LogP contribution in [0.4, 0.5) is 0 Å². The van der Waals surface area contributed by atoms with E-state index in [0.29, 0.717) is 24.5 Å². The molecule has 0 unspecified atom stereocenters. The number of rotatable bonds is 5. The van der Waals surface area contributed by atoms with E-state index in [1.165, 1.54) is 0 Å². The lowest BCUT2D eigenvalue weighted by Crippen LogP contribution is -2.20. The smallest absolute Gasteiger partial charge is 0.306 e. The molecule has 4 heteroatoms. The van der Waals surface area contributed by atoms with Crippen LogP contribution in [0.25, 0.3) is 0 Å². The molecular weight excluding hydrogens is 280 g/mol. The van der Waals surface area contributed by atoms with Crippen molar-refractivity contribution in [2.45, 2.75) is 57.2 Å². The maximum atomic E-state index is 11.4. The average Bonchev–Trinajstić information content (AvgIpc) is 2.96. The van der Waals surface area contributed by atoms with Gasteiger partial charge in [0.1, 0.15) is 11.9 Å². The minimum Gasteiger partial charge on any atom is -0.508 e. The van der Waals surface area contributed by atoms with Crippen molar-refractivity contribution in [3.8, 4) is 5.75 Å². The molecule has 2 N–H and O–H groups in total. The van der Waals surface area contributed by atoms with Crippen molar-refractivity contribution in [2.24, 2.45) is 11.8 Å². The van der Waals surface area contributed by atoms with E-state index < -0.39 is 0 Å². The summed E-state index contributed by atoms with van der Waals surface area (Å²) >= 11 is 0. The van der Waals surface area contributed by atoms with Gasteiger partial charge >= 0.3 is 5.97 Å². The Kier molecular flexibility index (Phi) is 4.39. The second-order valence-corrected chi connectivity index (χ2v) is 6.64. The number of fused-ring (bicyclic) bond motifs is 1. The first-order valence-corrected chi connectivity index (χ1v) is 8.25. The molecule has 0 bridgehead atoms. The van der Waals surface area contributed by atoms with E-state index >= 15 is 0 Å². The highest BCUT2D eigenvalue weighted by atomic mass is 16.6. The Morgan fingerprint density at radius 1 is 1.41 bits per heavy atom. The van der Waals surface area contributed by atoms with Gasteiger partial charge in [0.15, 0.2) is 0 Å². The standard InChI is InChI=1S/C18H24O4/c1-2-11(12-4-3-5-13(19)8-12)6-7-14-15-9-18(21)22-17(15)10-16(14)20/h3-5,8,11,14-17,19-20H,2,6-7,9-10H2,1H3/t11-,14-,15-,16-,17+/m1/s1. The lowest BCUT2D eigenvalue weighted by Gasteiger charge is -2.22. The number of carbonyl (C=O) groups excluding carboxylic acids is 1. The quantitative estimate of drug-likeness (QED) is 0.821. The van der Waals surface area contributed by atoms with Crippen molar-refractivity contribution in [2.75, 3.05) is 0 Å². The van der Waals surface area contributed by atoms with Gasteiger partial charge in [-0.3, -0.25) is 4.79 Å². The molecule has 4 nitrogen and oxygen atoms in total. The number of carbonyl (C=O) groups is 1. The van der Waals surface area contributed by atoms with Gasteiger partial charge in [-0.05, 0) is 48.8 Å². The average molecular weight is 304 g/mol. The van der Waals surface area contributed by atoms with Crippen LogP contribution in [0, 0.1) is 11.8 Å². The Labute approximate surface area is 131 Å². The number of phenolic OH excluding ortho intramolecular Hbond substituents is 1. The second-order valence-electron chi connectivity index (χ2n) is 6.64. The van der Waals surface area contributed by atoms with Gasteiger partial charge < -0.3 is 14.9 Å². The summed E-state index contributed by atoms with van der Waals surface area (Å²) in [4.78, 5) is 11.4. The molecule has 1 saturated heterocycles. The van der Waals surface area contributed by atoms with Crippen LogP contribution < -0.4 is 0 Å². The molecule has 1 aromatic carbocycles. The van der Waals surface area contributed by atoms with Crippen molar-refractivity contribution < 1.29 is 19.7 Å². The largest absolute Gasteiger partial charge is 0.508 e. The van der Waals surface area contributed by atoms with Gasteiger partial charge in [-0.2, -0.15) is 0 Å². The minimum atomic E-state index is -0.357. The lowest BCUT2D eigenvalue weighted by molar-refractivity contribution is -0.141. The van der Waals surface area contributed by atoms with Crippen LogP contribution >= 0.6 is 0 Å². The molecular formula is C18H24O4. The predicted octanol–water partition coefficient (Wildman–Crippen LogP) is 2.98. The van der Waals surface area contributed by atoms with Crippen LogP contribution in [0.5, 0.6) is 5.75 Å². The van der Waals surface area contributed by atoms with Gasteiger partial charge in [0.2, 0.25) is 0 Å². The summed E-state index contributed by atoms with van der Waals surface area (Å²) < 4.78 is 5.29. The van der Waals surface area contributed by atoms with Gasteiger partial charge in [0.05, 0.1) is 12.5 Å². The molecule has 0 amide bonds. The Morgan fingerprint density at radius 2 is 2.23 bits per heavy atom. The molecule has 22 heavy (non-hydrogen) atoms. The monoisotopic (exact) mass is 304 g/mol. The molecule has 1 aromatic rings. The third-order valence-electron chi connectivity index (χ3n) is 5.36. The fourth-order valence-corrected chi connectivity index (χ4v) is 4.16. The molecule has 120 valence electrons. The summed E-state index contributed by atoms with van der Waals surface area (Å²) in [7, 11) is 0. The van der Waals surface area contributed by atoms with Crippen LogP contribution in [0.1, 0.15) is 50.5 Å². The zero-order chi connectivity index (χ0) is 15.7. The summed E-state index contributed by atoms with van der Waals surface area (Å²) in [6, 6.07) is 7.43. The lowest BCUT2D eigenvalue weighted by atomic mass is 9.83. The number of hydrogen-bond acceptors (Lipinski definition) is 4. The van der Waals surface area contributed by atoms with Gasteiger partial charge in [0, 0.05) is 12.3 Å². The third kappa shape index (κ3) is 2.98. The van der Waals surface area contributed by atoms with E-state index in [2.05, 4.69) is 6.92 Å². The molecule has 2 fully saturated rings. The number of esters is 1. The van der Waals surface area contributed by atoms with E-state index in [4.69, 9.17) is 4.74 Å². The molecule has 1 saturated carbocycles. The van der Waals surface area contributed by atoms with Crippen molar-refractivity contribution in [3.05, 3.63) is 29.8 Å². The molecule has 3 rings (SSSR count). The highest BCUT2D eigenvalue weighted by Gasteiger charge is 2.49. The molecule has 5 atom stereocenters. The number of ether oxygens (including phenoxy) is 1. The van der Waals surface area contributed by atoms with Crippen molar-refractivity contribution in [3.63, 3.8) is 0 Å². The Balaban J connectivity index is 1.64. The highest BCUT2D eigenvalue weighted by Crippen LogP contribution is 2.44. The van der Waals surface area contributed by atoms with Crippen molar-refractivity contribution in [1.82, 2.24) is 0 Å². The summed E-state index contributed by atoms with van der Waals surface area (Å²) in [5.41, 5.74) is 1.14. The first-order chi connectivity index (χ1) is 10.6. The third-order valence-corrected chi connectivity index (χ3v) is 5.36. The Morgan fingerprint density at radius 3 is 2.95 bits per heavy atom. The summed E-state index contributed by atoms with van der Waals surface area (Å²) in [5, 5.41) is 19.9. The van der Waals surface area contributed by atoms with Crippen LogP contribution in [0.15, 0.2) is 24.3 Å². The maximum absolute atomic E-state index is 11.4. The van der Waals surface area contributed by atoms with Crippen LogP contribution in [0.3, 0.4) is 0 Å². The van der Waals surface area contributed by atoms with Crippen LogP contribution in [0.2, 0.25) is 0 Å². The van der Waals surface area contributed by atoms with Gasteiger partial charge in [-0.25, -0.2) is 0 Å². The minimum absolute atomic E-state index is 0.0756. The van der Waals surface area contributed by atoms with E-state index in [-0.39, 0.29) is 30.0 Å². The first-order valence-electron chi connectivity index (χ1n) is 8.25. The van der Waals surface area contributed by atoms with Crippen LogP contribution in [-0.4, -0.2) is 28.4 Å². The summed E-state index contributed by atoms with van der Waals surface area (Å²) in [6.07, 6.45) is 3.46. The fourth-order valence-electron chi connectivity index (χ4n) is 4.16. The number of benzene rings is 1. The molecule has 2 aliphatic rings. The van der Waals surface area contributed by atoms with E-state index in [1.807, 2.05) is 18.2 Å². The number of aromatic hydroxyl groups is 1. The topological polar surface area (TPSA) is 66.8 Å². The number of hydrogen-bond donors (Lipinski definition) is 2. The Hall–Kier alpha value is -1.55. The molecule has 0 radical (unpaired) electrons. The number of phenols is 1. The number of aliphatic hydroxyl groups excluding tert-OH is 1. The SMILES string of the molecule is CC[C@H](CC[C@@H]1[C@H]2CC(=O)O[C@H]2C[C@H]1O)c1cccc(O)c1. The second kappa shape index (κ2) is 6.29. The van der Waals surface area contributed by atoms with Crippen molar-refractivity contribution in [1.29, 1.82) is 0 Å². The van der Waals surface area contributed by atoms with E-state index in [9.17, 15) is 15.0 Å². The van der Waals surface area contributed by atoms with Gasteiger partial charge in [-0.1, -0.05) is 19.1 Å². The summed E-state index contributed by atoms with van der Waals surface area (Å²) in [5.74, 6) is 0.891. The summed E-state index contributed by atoms with van der Waals surface area (Å²) in [6.45, 7) is 2.14. The van der Waals surface area contributed by atoms with Gasteiger partial charge in [-0.15, -0.1) is 0 Å².